The van der Waals surface area contributed by atoms with Crippen molar-refractivity contribution in [3.63, 3.8) is 0 Å². The molecule has 14 heavy (non-hydrogen) atoms. The van der Waals surface area contributed by atoms with Crippen LogP contribution in [0.5, 0.6) is 0 Å². The van der Waals surface area contributed by atoms with Gasteiger partial charge in [0, 0.05) is 24.0 Å². The quantitative estimate of drug-likeness (QED) is 0.626. The second-order valence-electron chi connectivity index (χ2n) is 2.84. The van der Waals surface area contributed by atoms with E-state index in [0.29, 0.717) is 0 Å². The molecule has 0 aliphatic rings. The van der Waals surface area contributed by atoms with Crippen molar-refractivity contribution in [1.29, 1.82) is 0 Å². The molecule has 0 aliphatic heterocycles. The van der Waals surface area contributed by atoms with Gasteiger partial charge in [0.15, 0.2) is 0 Å². The number of hydrogen-bond acceptors (Lipinski definition) is 2. The monoisotopic (exact) mass is 182 g/mol. The summed E-state index contributed by atoms with van der Waals surface area (Å²) >= 11 is 0. The van der Waals surface area contributed by atoms with Crippen molar-refractivity contribution >= 4 is 10.9 Å². The molecule has 0 spiro atoms. The number of para-hydroxylation sites is 1. The van der Waals surface area contributed by atoms with E-state index in [0.717, 1.165) is 10.9 Å². The fraction of sp³-hybridized carbons (Fsp3) is 0. The van der Waals surface area contributed by atoms with Gasteiger partial charge >= 0.3 is 0 Å². The summed E-state index contributed by atoms with van der Waals surface area (Å²) in [5, 5.41) is 1.03. The van der Waals surface area contributed by atoms with Crippen molar-refractivity contribution in [2.75, 3.05) is 0 Å². The minimum absolute atomic E-state index is 0.941. The molecule has 2 nitrogen and oxygen atoms in total. The molecule has 0 radical (unpaired) electrons. The zero-order valence-electron chi connectivity index (χ0n) is 7.67. The van der Waals surface area contributed by atoms with Gasteiger partial charge in [0.1, 0.15) is 0 Å². The van der Waals surface area contributed by atoms with Crippen molar-refractivity contribution in [3.05, 3.63) is 61.1 Å². The van der Waals surface area contributed by atoms with Gasteiger partial charge in [0.25, 0.3) is 0 Å². The van der Waals surface area contributed by atoms with Gasteiger partial charge in [0.2, 0.25) is 0 Å². The molecule has 0 bridgehead atoms. The first-order chi connectivity index (χ1) is 6.97. The van der Waals surface area contributed by atoms with Crippen molar-refractivity contribution in [2.24, 2.45) is 0 Å². The summed E-state index contributed by atoms with van der Waals surface area (Å²) in [6.07, 6.45) is 5.34. The van der Waals surface area contributed by atoms with Gasteiger partial charge in [-0.15, -0.1) is 0 Å². The van der Waals surface area contributed by atoms with E-state index in [1.54, 1.807) is 12.4 Å². The maximum absolute atomic E-state index is 4.31. The van der Waals surface area contributed by atoms with Gasteiger partial charge in [-0.2, -0.15) is 0 Å². The molecule has 1 aromatic carbocycles. The first kappa shape index (κ1) is 8.63. The maximum Gasteiger partial charge on any atom is 0.0717 e. The average molecular weight is 182 g/mol. The van der Waals surface area contributed by atoms with Crippen LogP contribution >= 0.6 is 0 Å². The van der Waals surface area contributed by atoms with Crippen molar-refractivity contribution in [2.45, 2.75) is 0 Å². The lowest BCUT2D eigenvalue weighted by atomic mass is 10.2. The van der Waals surface area contributed by atoms with Gasteiger partial charge in [-0.25, -0.2) is 0 Å². The largest absolute Gasteiger partial charge is 0.264 e. The van der Waals surface area contributed by atoms with Gasteiger partial charge in [0.05, 0.1) is 5.52 Å². The molecule has 2 rings (SSSR count). The highest BCUT2D eigenvalue weighted by Crippen LogP contribution is 2.05. The zero-order chi connectivity index (χ0) is 9.64. The van der Waals surface area contributed by atoms with E-state index in [1.807, 2.05) is 48.7 Å². The SMILES string of the molecule is c1ccncc2ccccc2ncc1. The fourth-order valence-corrected chi connectivity index (χ4v) is 1.17. The lowest BCUT2D eigenvalue weighted by molar-refractivity contribution is 1.35. The maximum atomic E-state index is 4.31. The number of rotatable bonds is 0. The average Bonchev–Trinajstić information content (AvgIpc) is 2.25. The molecule has 68 valence electrons. The molecule has 0 amide bonds. The summed E-state index contributed by atoms with van der Waals surface area (Å²) in [6.45, 7) is 0. The molecule has 1 aromatic heterocycles. The van der Waals surface area contributed by atoms with Crippen molar-refractivity contribution in [3.8, 4) is 0 Å². The predicted molar refractivity (Wildman–Crippen MR) is 57.2 cm³/mol. The van der Waals surface area contributed by atoms with E-state index in [2.05, 4.69) is 9.97 Å². The van der Waals surface area contributed by atoms with E-state index in [9.17, 15) is 0 Å². The van der Waals surface area contributed by atoms with Gasteiger partial charge < -0.3 is 0 Å². The Bertz CT molecular complexity index is 433. The van der Waals surface area contributed by atoms with E-state index in [-0.39, 0.29) is 0 Å². The number of benzene rings is 1. The third-order valence-corrected chi connectivity index (χ3v) is 1.84. The molecule has 2 aromatic rings. The number of fused-ring (bicyclic) bond motifs is 1. The smallest absolute Gasteiger partial charge is 0.0717 e. The standard InChI is InChI=1S/C12H10N2/c1-4-8-13-10-11-6-2-3-7-12(11)14-9-5-1/h1-10H. The van der Waals surface area contributed by atoms with Gasteiger partial charge in [-0.05, 0) is 18.2 Å². The highest BCUT2D eigenvalue weighted by atomic mass is 14.7. The van der Waals surface area contributed by atoms with Crippen LogP contribution in [0.15, 0.2) is 61.1 Å². The van der Waals surface area contributed by atoms with Crippen LogP contribution in [0.3, 0.4) is 0 Å². The first-order valence-corrected chi connectivity index (χ1v) is 4.45. The Balaban J connectivity index is 2.76. The second-order valence-corrected chi connectivity index (χ2v) is 2.84. The summed E-state index contributed by atoms with van der Waals surface area (Å²) in [5.74, 6) is 0. The first-order valence-electron chi connectivity index (χ1n) is 4.45. The fourth-order valence-electron chi connectivity index (χ4n) is 1.17. The lowest BCUT2D eigenvalue weighted by Crippen LogP contribution is -1.72. The van der Waals surface area contributed by atoms with Gasteiger partial charge in [-0.1, -0.05) is 24.3 Å². The van der Waals surface area contributed by atoms with E-state index in [4.69, 9.17) is 0 Å². The van der Waals surface area contributed by atoms with Crippen LogP contribution in [0, 0.1) is 0 Å². The van der Waals surface area contributed by atoms with E-state index in [1.165, 1.54) is 0 Å². The third-order valence-electron chi connectivity index (χ3n) is 1.84. The van der Waals surface area contributed by atoms with E-state index < -0.39 is 0 Å². The number of nitrogens with zero attached hydrogens (tertiary/aromatic N) is 2. The Morgan fingerprint density at radius 2 is 1.64 bits per heavy atom. The molecule has 0 fully saturated rings. The van der Waals surface area contributed by atoms with Gasteiger partial charge in [-0.3, -0.25) is 9.97 Å². The number of aromatic nitrogens is 2. The lowest BCUT2D eigenvalue weighted by Gasteiger charge is -1.88. The van der Waals surface area contributed by atoms with Crippen LogP contribution < -0.4 is 0 Å². The highest BCUT2D eigenvalue weighted by molar-refractivity contribution is 5.76. The predicted octanol–water partition coefficient (Wildman–Crippen LogP) is 2.75. The third kappa shape index (κ3) is 2.04. The van der Waals surface area contributed by atoms with Crippen LogP contribution in [-0.4, -0.2) is 9.97 Å². The molecular weight excluding hydrogens is 172 g/mol. The van der Waals surface area contributed by atoms with Crippen LogP contribution in [-0.2, 0) is 0 Å². The van der Waals surface area contributed by atoms with Crippen LogP contribution in [0.4, 0.5) is 0 Å². The van der Waals surface area contributed by atoms with Crippen molar-refractivity contribution in [1.82, 2.24) is 9.97 Å². The molecule has 0 saturated heterocycles. The minimum Gasteiger partial charge on any atom is -0.264 e. The molecule has 0 aliphatic carbocycles. The topological polar surface area (TPSA) is 25.8 Å². The summed E-state index contributed by atoms with van der Waals surface area (Å²) in [7, 11) is 0. The van der Waals surface area contributed by atoms with E-state index >= 15 is 0 Å². The molecule has 0 unspecified atom stereocenters. The summed E-state index contributed by atoms with van der Waals surface area (Å²) in [4.78, 5) is 8.45. The Labute approximate surface area is 82.6 Å². The highest BCUT2D eigenvalue weighted by Gasteiger charge is 1.85. The molecular formula is C12H10N2. The summed E-state index contributed by atoms with van der Waals surface area (Å²) < 4.78 is 0. The molecule has 2 heteroatoms. The van der Waals surface area contributed by atoms with Crippen LogP contribution in [0.2, 0.25) is 0 Å². The molecule has 0 saturated carbocycles. The zero-order valence-corrected chi connectivity index (χ0v) is 7.67. The van der Waals surface area contributed by atoms with Crippen LogP contribution in [0.1, 0.15) is 0 Å². The molecule has 1 heterocycles. The van der Waals surface area contributed by atoms with Crippen molar-refractivity contribution < 1.29 is 0 Å². The minimum atomic E-state index is 0.941. The van der Waals surface area contributed by atoms with Crippen LogP contribution in [0.25, 0.3) is 10.9 Å². The Morgan fingerprint density at radius 1 is 0.786 bits per heavy atom. The summed E-state index contributed by atoms with van der Waals surface area (Å²) in [6, 6.07) is 13.6. The Kier molecular flexibility index (Phi) is 2.67. The normalized spacial score (nSPS) is 9.43. The second kappa shape index (κ2) is 4.33. The Morgan fingerprint density at radius 3 is 2.64 bits per heavy atom. The molecule has 0 atom stereocenters. The molecule has 0 N–H and O–H groups in total. The summed E-state index contributed by atoms with van der Waals surface area (Å²) in [5.41, 5.74) is 0.941. The Hall–Kier alpha value is -1.96. The number of hydrogen-bond donors (Lipinski definition) is 0.